The van der Waals surface area contributed by atoms with Crippen molar-refractivity contribution in [3.63, 3.8) is 0 Å². The van der Waals surface area contributed by atoms with Crippen LogP contribution in [0.4, 0.5) is 0 Å². The number of hydrogen-bond acceptors (Lipinski definition) is 9. The van der Waals surface area contributed by atoms with Crippen LogP contribution < -0.4 is 22.1 Å². The quantitative estimate of drug-likeness (QED) is 0.231. The monoisotopic (exact) mass is 501 g/mol. The van der Waals surface area contributed by atoms with Crippen LogP contribution in [-0.2, 0) is 22.4 Å². The number of fused-ring (bicyclic) bond motifs is 5. The molecule has 4 bridgehead atoms. The molecule has 3 rings (SSSR count). The fraction of sp³-hybridized carbons (Fsp3) is 0.440. The SMILES string of the molecule is CN(C)C(O)[C@@H]1Cc2cc(ccc2O)-c2ccc(O)c(c2)C[C@H](N)C(=O)N[C@@H](C[C@@H](O)CN)C(=O)N1. The van der Waals surface area contributed by atoms with E-state index in [1.165, 1.54) is 17.0 Å². The summed E-state index contributed by atoms with van der Waals surface area (Å²) >= 11 is 0. The lowest BCUT2D eigenvalue weighted by Gasteiger charge is -2.31. The maximum Gasteiger partial charge on any atom is 0.243 e. The first-order valence-electron chi connectivity index (χ1n) is 11.7. The smallest absolute Gasteiger partial charge is 0.243 e. The minimum atomic E-state index is -1.19. The molecule has 2 amide bonds. The Labute approximate surface area is 209 Å². The lowest BCUT2D eigenvalue weighted by molar-refractivity contribution is -0.131. The summed E-state index contributed by atoms with van der Waals surface area (Å²) < 4.78 is 0. The first kappa shape index (κ1) is 27.4. The largest absolute Gasteiger partial charge is 0.508 e. The molecule has 0 saturated carbocycles. The van der Waals surface area contributed by atoms with Crippen LogP contribution in [0.1, 0.15) is 17.5 Å². The van der Waals surface area contributed by atoms with Gasteiger partial charge in [0.2, 0.25) is 11.8 Å². The van der Waals surface area contributed by atoms with Crippen molar-refractivity contribution in [1.29, 1.82) is 0 Å². The van der Waals surface area contributed by atoms with Gasteiger partial charge >= 0.3 is 0 Å². The zero-order chi connectivity index (χ0) is 26.6. The number of carbonyl (C=O) groups is 2. The molecular formula is C25H35N5O6. The van der Waals surface area contributed by atoms with Gasteiger partial charge in [0.25, 0.3) is 0 Å². The van der Waals surface area contributed by atoms with Gasteiger partial charge in [0.05, 0.1) is 18.2 Å². The second-order valence-electron chi connectivity index (χ2n) is 9.38. The number of rotatable bonds is 5. The summed E-state index contributed by atoms with van der Waals surface area (Å²) in [6.07, 6.45) is -2.32. The molecule has 11 nitrogen and oxygen atoms in total. The van der Waals surface area contributed by atoms with Crippen molar-refractivity contribution in [3.05, 3.63) is 47.5 Å². The van der Waals surface area contributed by atoms with E-state index in [-0.39, 0.29) is 37.3 Å². The lowest BCUT2D eigenvalue weighted by Crippen LogP contribution is -2.58. The molecule has 5 atom stereocenters. The van der Waals surface area contributed by atoms with E-state index in [1.54, 1.807) is 38.4 Å². The van der Waals surface area contributed by atoms with Crippen LogP contribution in [0.5, 0.6) is 11.5 Å². The van der Waals surface area contributed by atoms with E-state index in [9.17, 15) is 30.0 Å². The van der Waals surface area contributed by atoms with E-state index in [4.69, 9.17) is 11.5 Å². The third kappa shape index (κ3) is 6.50. The van der Waals surface area contributed by atoms with Crippen molar-refractivity contribution >= 4 is 11.8 Å². The summed E-state index contributed by atoms with van der Waals surface area (Å²) in [6, 6.07) is 6.73. The van der Waals surface area contributed by atoms with E-state index in [0.29, 0.717) is 11.1 Å². The second kappa shape index (κ2) is 11.7. The van der Waals surface area contributed by atoms with Crippen molar-refractivity contribution in [2.75, 3.05) is 20.6 Å². The summed E-state index contributed by atoms with van der Waals surface area (Å²) in [6.45, 7) is -0.128. The van der Waals surface area contributed by atoms with Crippen LogP contribution >= 0.6 is 0 Å². The molecule has 0 aliphatic carbocycles. The van der Waals surface area contributed by atoms with Crippen molar-refractivity contribution in [2.24, 2.45) is 11.5 Å². The summed E-state index contributed by atoms with van der Waals surface area (Å²) in [5.74, 6) is -1.35. The second-order valence-corrected chi connectivity index (χ2v) is 9.38. The Balaban J connectivity index is 2.11. The first-order valence-corrected chi connectivity index (χ1v) is 11.7. The molecule has 0 aromatic heterocycles. The van der Waals surface area contributed by atoms with Gasteiger partial charge in [-0.05, 0) is 60.6 Å². The molecule has 1 aliphatic heterocycles. The fourth-order valence-corrected chi connectivity index (χ4v) is 4.18. The van der Waals surface area contributed by atoms with Gasteiger partial charge < -0.3 is 42.5 Å². The summed E-state index contributed by atoms with van der Waals surface area (Å²) in [5, 5.41) is 47.1. The Hall–Kier alpha value is -3.22. The van der Waals surface area contributed by atoms with E-state index in [0.717, 1.165) is 11.1 Å². The minimum Gasteiger partial charge on any atom is -0.508 e. The van der Waals surface area contributed by atoms with Gasteiger partial charge in [0.1, 0.15) is 23.8 Å². The molecular weight excluding hydrogens is 466 g/mol. The number of aliphatic hydroxyl groups is 2. The molecule has 0 fully saturated rings. The van der Waals surface area contributed by atoms with Gasteiger partial charge in [-0.3, -0.25) is 14.5 Å². The highest BCUT2D eigenvalue weighted by atomic mass is 16.3. The van der Waals surface area contributed by atoms with Crippen molar-refractivity contribution in [1.82, 2.24) is 15.5 Å². The van der Waals surface area contributed by atoms with Crippen molar-refractivity contribution in [3.8, 4) is 22.6 Å². The predicted octanol–water partition coefficient (Wildman–Crippen LogP) is -1.25. The Morgan fingerprint density at radius 1 is 0.944 bits per heavy atom. The Kier molecular flexibility index (Phi) is 8.88. The van der Waals surface area contributed by atoms with Crippen LogP contribution in [0.3, 0.4) is 0 Å². The molecule has 0 radical (unpaired) electrons. The fourth-order valence-electron chi connectivity index (χ4n) is 4.18. The molecule has 1 heterocycles. The third-order valence-electron chi connectivity index (χ3n) is 6.34. The average molecular weight is 502 g/mol. The number of phenolic OH excluding ortho intramolecular Hbond substituents is 2. The number of aliphatic hydroxyl groups excluding tert-OH is 2. The van der Waals surface area contributed by atoms with Crippen molar-refractivity contribution in [2.45, 2.75) is 49.7 Å². The van der Waals surface area contributed by atoms with Crippen LogP contribution in [0.15, 0.2) is 36.4 Å². The van der Waals surface area contributed by atoms with Gasteiger partial charge in [-0.2, -0.15) is 0 Å². The van der Waals surface area contributed by atoms with E-state index >= 15 is 0 Å². The number of likely N-dealkylation sites (N-methyl/N-ethyl adjacent to an activating group) is 1. The number of hydrogen-bond donors (Lipinski definition) is 8. The maximum atomic E-state index is 13.3. The Bertz CT molecular complexity index is 1090. The van der Waals surface area contributed by atoms with E-state index in [1.807, 2.05) is 0 Å². The van der Waals surface area contributed by atoms with Gasteiger partial charge in [0, 0.05) is 25.8 Å². The third-order valence-corrected chi connectivity index (χ3v) is 6.34. The molecule has 11 heteroatoms. The van der Waals surface area contributed by atoms with Crippen molar-refractivity contribution < 1.29 is 30.0 Å². The lowest BCUT2D eigenvalue weighted by atomic mass is 9.95. The minimum absolute atomic E-state index is 0.00774. The topological polar surface area (TPSA) is 194 Å². The summed E-state index contributed by atoms with van der Waals surface area (Å²) in [7, 11) is 3.27. The standard InChI is InChI=1S/C25H35N5O6/c1-30(2)25(36)20-10-16-8-14(4-6-22(16)33)13-3-5-21(32)15(7-13)9-18(27)23(34)28-19(24(35)29-20)11-17(31)12-26/h3-8,17-20,25,31-33,36H,9-12,26-27H2,1-2H3,(H,28,34)(H,29,35)/t17-,18+,19+,20+,25?/m1/s1. The molecule has 36 heavy (non-hydrogen) atoms. The molecule has 1 aliphatic rings. The highest BCUT2D eigenvalue weighted by molar-refractivity contribution is 5.90. The Morgan fingerprint density at radius 3 is 2.03 bits per heavy atom. The van der Waals surface area contributed by atoms with E-state index < -0.39 is 42.3 Å². The maximum absolute atomic E-state index is 13.3. The molecule has 196 valence electrons. The first-order chi connectivity index (χ1) is 17.0. The predicted molar refractivity (Wildman–Crippen MR) is 134 cm³/mol. The number of nitrogens with two attached hydrogens (primary N) is 2. The zero-order valence-electron chi connectivity index (χ0n) is 20.4. The number of nitrogens with zero attached hydrogens (tertiary/aromatic N) is 1. The summed E-state index contributed by atoms with van der Waals surface area (Å²) in [5.41, 5.74) is 14.0. The number of phenols is 2. The molecule has 0 spiro atoms. The number of carbonyl (C=O) groups excluding carboxylic acids is 2. The van der Waals surface area contributed by atoms with Gasteiger partial charge in [0.15, 0.2) is 0 Å². The molecule has 10 N–H and O–H groups in total. The van der Waals surface area contributed by atoms with Crippen LogP contribution in [0, 0.1) is 0 Å². The zero-order valence-corrected chi connectivity index (χ0v) is 20.4. The number of benzene rings is 2. The summed E-state index contributed by atoms with van der Waals surface area (Å²) in [4.78, 5) is 27.7. The van der Waals surface area contributed by atoms with Gasteiger partial charge in [-0.15, -0.1) is 0 Å². The normalized spacial score (nSPS) is 22.7. The molecule has 0 saturated heterocycles. The van der Waals surface area contributed by atoms with Gasteiger partial charge in [-0.25, -0.2) is 0 Å². The van der Waals surface area contributed by atoms with Gasteiger partial charge in [-0.1, -0.05) is 12.1 Å². The highest BCUT2D eigenvalue weighted by Crippen LogP contribution is 2.31. The number of nitrogens with one attached hydrogen (secondary N) is 2. The number of amides is 2. The molecule has 2 aromatic carbocycles. The van der Waals surface area contributed by atoms with E-state index in [2.05, 4.69) is 10.6 Å². The van der Waals surface area contributed by atoms with Crippen LogP contribution in [0.25, 0.3) is 11.1 Å². The number of aromatic hydroxyl groups is 2. The average Bonchev–Trinajstić information content (AvgIpc) is 2.84. The van der Waals surface area contributed by atoms with Crippen LogP contribution in [-0.4, -0.2) is 88.2 Å². The van der Waals surface area contributed by atoms with Crippen LogP contribution in [0.2, 0.25) is 0 Å². The highest BCUT2D eigenvalue weighted by Gasteiger charge is 2.31. The Morgan fingerprint density at radius 2 is 1.50 bits per heavy atom. The molecule has 1 unspecified atom stereocenters. The molecule has 2 aromatic rings.